The van der Waals surface area contributed by atoms with Crippen LogP contribution in [0.3, 0.4) is 0 Å². The normalized spacial score (nSPS) is 10.8. The van der Waals surface area contributed by atoms with Gasteiger partial charge < -0.3 is 9.72 Å². The molecule has 1 aromatic carbocycles. The van der Waals surface area contributed by atoms with E-state index < -0.39 is 11.8 Å². The van der Waals surface area contributed by atoms with E-state index in [1.165, 1.54) is 24.4 Å². The predicted octanol–water partition coefficient (Wildman–Crippen LogP) is 3.71. The molecule has 6 heteroatoms. The summed E-state index contributed by atoms with van der Waals surface area (Å²) in [5, 5.41) is 0.695. The molecule has 0 aliphatic carbocycles. The number of aromatic nitrogens is 2. The first-order valence-electron chi connectivity index (χ1n) is 6.18. The van der Waals surface area contributed by atoms with Gasteiger partial charge in [0.15, 0.2) is 0 Å². The summed E-state index contributed by atoms with van der Waals surface area (Å²) < 4.78 is 18.3. The zero-order valence-electron chi connectivity index (χ0n) is 10.8. The summed E-state index contributed by atoms with van der Waals surface area (Å²) in [4.78, 5) is 19.1. The number of fused-ring (bicyclic) bond motifs is 1. The molecule has 0 radical (unpaired) electrons. The average Bonchev–Trinajstić information content (AvgIpc) is 2.96. The number of benzene rings is 1. The number of carbonyl (C=O) groups is 1. The van der Waals surface area contributed by atoms with Gasteiger partial charge in [-0.15, -0.1) is 0 Å². The molecular formula is C15H10ClFN2O2. The van der Waals surface area contributed by atoms with Crippen LogP contribution in [0.2, 0.25) is 5.02 Å². The van der Waals surface area contributed by atoms with E-state index >= 15 is 0 Å². The summed E-state index contributed by atoms with van der Waals surface area (Å²) in [6.45, 7) is 0.0209. The molecule has 1 N–H and O–H groups in total. The van der Waals surface area contributed by atoms with Crippen molar-refractivity contribution >= 4 is 28.6 Å². The number of rotatable bonds is 3. The van der Waals surface area contributed by atoms with Crippen molar-refractivity contribution in [3.8, 4) is 0 Å². The smallest absolute Gasteiger partial charge is 0.339 e. The number of nitrogens with one attached hydrogen (secondary N) is 1. The number of nitrogens with zero attached hydrogens (tertiary/aromatic N) is 1. The summed E-state index contributed by atoms with van der Waals surface area (Å²) in [5.74, 6) is -0.975. The van der Waals surface area contributed by atoms with Crippen molar-refractivity contribution in [2.75, 3.05) is 0 Å². The Morgan fingerprint density at radius 1 is 1.33 bits per heavy atom. The van der Waals surface area contributed by atoms with Gasteiger partial charge in [0.25, 0.3) is 0 Å². The number of esters is 1. The maximum atomic E-state index is 13.1. The van der Waals surface area contributed by atoms with Crippen LogP contribution in [0.15, 0.2) is 42.7 Å². The van der Waals surface area contributed by atoms with Crippen molar-refractivity contribution < 1.29 is 13.9 Å². The van der Waals surface area contributed by atoms with E-state index in [4.69, 9.17) is 16.3 Å². The lowest BCUT2D eigenvalue weighted by atomic mass is 10.2. The predicted molar refractivity (Wildman–Crippen MR) is 76.6 cm³/mol. The van der Waals surface area contributed by atoms with Crippen molar-refractivity contribution in [3.63, 3.8) is 0 Å². The zero-order chi connectivity index (χ0) is 14.8. The van der Waals surface area contributed by atoms with Gasteiger partial charge in [-0.1, -0.05) is 17.7 Å². The first kappa shape index (κ1) is 13.6. The highest BCUT2D eigenvalue weighted by atomic mass is 35.5. The van der Waals surface area contributed by atoms with Gasteiger partial charge in [0.2, 0.25) is 0 Å². The van der Waals surface area contributed by atoms with Crippen LogP contribution in [0.4, 0.5) is 4.39 Å². The minimum atomic E-state index is -0.505. The van der Waals surface area contributed by atoms with Crippen LogP contribution in [0, 0.1) is 5.82 Å². The Balaban J connectivity index is 1.77. The fraction of sp³-hybridized carbons (Fsp3) is 0.0667. The van der Waals surface area contributed by atoms with E-state index in [1.807, 2.05) is 0 Å². The van der Waals surface area contributed by atoms with Crippen molar-refractivity contribution in [1.82, 2.24) is 9.97 Å². The minimum absolute atomic E-state index is 0.000449. The van der Waals surface area contributed by atoms with Gasteiger partial charge in [-0.2, -0.15) is 0 Å². The molecule has 106 valence electrons. The third-order valence-electron chi connectivity index (χ3n) is 3.03. The highest BCUT2D eigenvalue weighted by molar-refractivity contribution is 6.30. The lowest BCUT2D eigenvalue weighted by Gasteiger charge is -2.06. The highest BCUT2D eigenvalue weighted by Gasteiger charge is 2.13. The second-order valence-corrected chi connectivity index (χ2v) is 4.83. The molecule has 0 bridgehead atoms. The molecular weight excluding hydrogens is 295 g/mol. The first-order valence-corrected chi connectivity index (χ1v) is 6.56. The number of hydrogen-bond acceptors (Lipinski definition) is 3. The van der Waals surface area contributed by atoms with E-state index in [2.05, 4.69) is 9.97 Å². The van der Waals surface area contributed by atoms with Crippen LogP contribution in [-0.4, -0.2) is 15.9 Å². The first-order chi connectivity index (χ1) is 10.1. The van der Waals surface area contributed by atoms with Crippen molar-refractivity contribution in [2.24, 2.45) is 0 Å². The maximum Gasteiger partial charge on any atom is 0.339 e. The van der Waals surface area contributed by atoms with E-state index in [0.717, 1.165) is 0 Å². The fourth-order valence-corrected chi connectivity index (χ4v) is 2.20. The maximum absolute atomic E-state index is 13.1. The molecule has 3 rings (SSSR count). The SMILES string of the molecule is O=C(OCc1ccc(F)c(Cl)c1)c1ccnc2[nH]ccc12. The van der Waals surface area contributed by atoms with Crippen LogP contribution >= 0.6 is 11.6 Å². The van der Waals surface area contributed by atoms with E-state index in [1.54, 1.807) is 18.3 Å². The number of halogens is 2. The second kappa shape index (κ2) is 5.54. The molecule has 0 saturated heterocycles. The molecule has 3 aromatic rings. The summed E-state index contributed by atoms with van der Waals surface area (Å²) in [7, 11) is 0. The Morgan fingerprint density at radius 3 is 3.00 bits per heavy atom. The molecule has 0 fully saturated rings. The Labute approximate surface area is 124 Å². The minimum Gasteiger partial charge on any atom is -0.457 e. The fourth-order valence-electron chi connectivity index (χ4n) is 1.99. The van der Waals surface area contributed by atoms with Gasteiger partial charge >= 0.3 is 5.97 Å². The van der Waals surface area contributed by atoms with E-state index in [0.29, 0.717) is 22.2 Å². The van der Waals surface area contributed by atoms with Crippen LogP contribution < -0.4 is 0 Å². The molecule has 0 atom stereocenters. The van der Waals surface area contributed by atoms with Crippen LogP contribution in [0.1, 0.15) is 15.9 Å². The average molecular weight is 305 g/mol. The largest absolute Gasteiger partial charge is 0.457 e. The van der Waals surface area contributed by atoms with Crippen LogP contribution in [0.5, 0.6) is 0 Å². The summed E-state index contributed by atoms with van der Waals surface area (Å²) >= 11 is 5.68. The van der Waals surface area contributed by atoms with E-state index in [9.17, 15) is 9.18 Å². The Bertz CT molecular complexity index is 816. The van der Waals surface area contributed by atoms with Crippen molar-refractivity contribution in [2.45, 2.75) is 6.61 Å². The number of ether oxygens (including phenoxy) is 1. The topological polar surface area (TPSA) is 55.0 Å². The number of aromatic amines is 1. The summed E-state index contributed by atoms with van der Waals surface area (Å²) in [5.41, 5.74) is 1.66. The molecule has 0 unspecified atom stereocenters. The summed E-state index contributed by atoms with van der Waals surface area (Å²) in [6.07, 6.45) is 3.23. The number of pyridine rings is 1. The molecule has 0 saturated carbocycles. The third-order valence-corrected chi connectivity index (χ3v) is 3.32. The van der Waals surface area contributed by atoms with Gasteiger partial charge in [0, 0.05) is 17.8 Å². The molecule has 2 heterocycles. The third kappa shape index (κ3) is 2.73. The molecule has 21 heavy (non-hydrogen) atoms. The van der Waals surface area contributed by atoms with Crippen molar-refractivity contribution in [3.05, 3.63) is 64.7 Å². The molecule has 0 spiro atoms. The summed E-state index contributed by atoms with van der Waals surface area (Å²) in [6, 6.07) is 7.54. The molecule has 4 nitrogen and oxygen atoms in total. The number of H-pyrrole nitrogens is 1. The highest BCUT2D eigenvalue weighted by Crippen LogP contribution is 2.19. The molecule has 2 aromatic heterocycles. The number of hydrogen-bond donors (Lipinski definition) is 1. The van der Waals surface area contributed by atoms with Crippen LogP contribution in [0.25, 0.3) is 11.0 Å². The van der Waals surface area contributed by atoms with Gasteiger partial charge in [-0.05, 0) is 29.8 Å². The Hall–Kier alpha value is -2.40. The molecule has 0 amide bonds. The Kier molecular flexibility index (Phi) is 3.58. The molecule has 0 aliphatic heterocycles. The monoisotopic (exact) mass is 304 g/mol. The van der Waals surface area contributed by atoms with Crippen molar-refractivity contribution in [1.29, 1.82) is 0 Å². The van der Waals surface area contributed by atoms with Gasteiger partial charge in [-0.3, -0.25) is 0 Å². The lowest BCUT2D eigenvalue weighted by Crippen LogP contribution is -2.06. The number of carbonyl (C=O) groups excluding carboxylic acids is 1. The van der Waals surface area contributed by atoms with Gasteiger partial charge in [0.05, 0.1) is 10.6 Å². The standard InChI is InChI=1S/C15H10ClFN2O2/c16-12-7-9(1-2-13(12)17)8-21-15(20)11-4-6-19-14-10(11)3-5-18-14/h1-7H,8H2,(H,18,19). The van der Waals surface area contributed by atoms with Crippen LogP contribution in [-0.2, 0) is 11.3 Å². The van der Waals surface area contributed by atoms with Gasteiger partial charge in [0.1, 0.15) is 18.1 Å². The second-order valence-electron chi connectivity index (χ2n) is 4.42. The zero-order valence-corrected chi connectivity index (χ0v) is 11.5. The lowest BCUT2D eigenvalue weighted by molar-refractivity contribution is 0.0475. The molecule has 0 aliphatic rings. The quantitative estimate of drug-likeness (QED) is 0.750. The van der Waals surface area contributed by atoms with E-state index in [-0.39, 0.29) is 11.6 Å². The van der Waals surface area contributed by atoms with Gasteiger partial charge in [-0.25, -0.2) is 14.2 Å². The Morgan fingerprint density at radius 2 is 2.19 bits per heavy atom.